The summed E-state index contributed by atoms with van der Waals surface area (Å²) in [6.07, 6.45) is 3.41. The van der Waals surface area contributed by atoms with E-state index in [9.17, 15) is 9.90 Å². The minimum absolute atomic E-state index is 0.0328. The molecule has 0 aromatic heterocycles. The number of hydrogen-bond donors (Lipinski definition) is 1. The van der Waals surface area contributed by atoms with E-state index < -0.39 is 6.10 Å². The van der Waals surface area contributed by atoms with Crippen molar-refractivity contribution >= 4 is 5.91 Å². The number of likely N-dealkylation sites (tertiary alicyclic amines) is 2. The number of hydrogen-bond acceptors (Lipinski definition) is 3. The van der Waals surface area contributed by atoms with E-state index in [0.29, 0.717) is 6.04 Å². The van der Waals surface area contributed by atoms with Crippen molar-refractivity contribution in [1.29, 1.82) is 0 Å². The number of nitrogens with zero attached hydrogens (tertiary/aromatic N) is 2. The molecular formula is C17H24N2O2. The van der Waals surface area contributed by atoms with Crippen molar-refractivity contribution in [3.8, 4) is 0 Å². The minimum atomic E-state index is -0.439. The molecule has 2 heterocycles. The Kier molecular flexibility index (Phi) is 4.27. The lowest BCUT2D eigenvalue weighted by Gasteiger charge is -2.30. The predicted molar refractivity (Wildman–Crippen MR) is 81.8 cm³/mol. The summed E-state index contributed by atoms with van der Waals surface area (Å²) >= 11 is 0. The van der Waals surface area contributed by atoms with Crippen LogP contribution in [-0.4, -0.2) is 53.0 Å². The Morgan fingerprint density at radius 2 is 2.00 bits per heavy atom. The molecule has 4 heteroatoms. The van der Waals surface area contributed by atoms with Gasteiger partial charge in [-0.25, -0.2) is 0 Å². The van der Waals surface area contributed by atoms with Crippen LogP contribution in [0.3, 0.4) is 0 Å². The van der Waals surface area contributed by atoms with Gasteiger partial charge in [0.2, 0.25) is 5.91 Å². The third-order valence-electron chi connectivity index (χ3n) is 4.90. The van der Waals surface area contributed by atoms with Crippen LogP contribution in [0, 0.1) is 0 Å². The molecule has 1 aromatic carbocycles. The molecule has 114 valence electrons. The van der Waals surface area contributed by atoms with E-state index in [2.05, 4.69) is 4.90 Å². The maximum Gasteiger partial charge on any atom is 0.239 e. The molecule has 0 bridgehead atoms. The van der Waals surface area contributed by atoms with Crippen molar-refractivity contribution in [2.75, 3.05) is 20.1 Å². The predicted octanol–water partition coefficient (Wildman–Crippen LogP) is 1.81. The Morgan fingerprint density at radius 3 is 2.67 bits per heavy atom. The molecule has 0 spiro atoms. The molecule has 1 N–H and O–H groups in total. The Labute approximate surface area is 126 Å². The highest BCUT2D eigenvalue weighted by molar-refractivity contribution is 5.83. The topological polar surface area (TPSA) is 43.8 Å². The third kappa shape index (κ3) is 2.97. The molecule has 0 radical (unpaired) electrons. The van der Waals surface area contributed by atoms with Crippen LogP contribution >= 0.6 is 0 Å². The van der Waals surface area contributed by atoms with Gasteiger partial charge in [-0.05, 0) is 37.8 Å². The van der Waals surface area contributed by atoms with E-state index in [-0.39, 0.29) is 11.9 Å². The Hall–Kier alpha value is -1.39. The van der Waals surface area contributed by atoms with Crippen molar-refractivity contribution in [3.63, 3.8) is 0 Å². The van der Waals surface area contributed by atoms with Gasteiger partial charge in [0.15, 0.2) is 0 Å². The number of benzene rings is 1. The monoisotopic (exact) mass is 288 g/mol. The maximum atomic E-state index is 12.2. The number of carbonyl (C=O) groups is 1. The number of carbonyl (C=O) groups excluding carboxylic acids is 1. The molecule has 3 atom stereocenters. The molecule has 3 rings (SSSR count). The van der Waals surface area contributed by atoms with Crippen molar-refractivity contribution in [1.82, 2.24) is 9.80 Å². The largest absolute Gasteiger partial charge is 0.388 e. The fraction of sp³-hybridized carbons (Fsp3) is 0.588. The van der Waals surface area contributed by atoms with E-state index in [0.717, 1.165) is 44.3 Å². The van der Waals surface area contributed by atoms with Crippen LogP contribution in [0.25, 0.3) is 0 Å². The van der Waals surface area contributed by atoms with Gasteiger partial charge in [0.25, 0.3) is 0 Å². The molecule has 0 saturated carbocycles. The SMILES string of the molecule is CN1CCC(N2CCCC2CC(O)c2ccccc2)C1=O. The number of amides is 1. The van der Waals surface area contributed by atoms with Crippen molar-refractivity contribution < 1.29 is 9.90 Å². The molecular weight excluding hydrogens is 264 g/mol. The number of likely N-dealkylation sites (N-methyl/N-ethyl adjacent to an activating group) is 1. The highest BCUT2D eigenvalue weighted by Gasteiger charge is 2.39. The van der Waals surface area contributed by atoms with Gasteiger partial charge in [-0.1, -0.05) is 30.3 Å². The first kappa shape index (κ1) is 14.5. The van der Waals surface area contributed by atoms with Gasteiger partial charge in [-0.3, -0.25) is 9.69 Å². The lowest BCUT2D eigenvalue weighted by atomic mass is 9.99. The van der Waals surface area contributed by atoms with Gasteiger partial charge >= 0.3 is 0 Å². The van der Waals surface area contributed by atoms with E-state index in [1.54, 1.807) is 0 Å². The minimum Gasteiger partial charge on any atom is -0.388 e. The number of aliphatic hydroxyl groups excluding tert-OH is 1. The van der Waals surface area contributed by atoms with Crippen LogP contribution in [0.2, 0.25) is 0 Å². The second-order valence-electron chi connectivity index (χ2n) is 6.26. The van der Waals surface area contributed by atoms with Gasteiger partial charge in [-0.2, -0.15) is 0 Å². The van der Waals surface area contributed by atoms with Crippen LogP contribution in [-0.2, 0) is 4.79 Å². The van der Waals surface area contributed by atoms with Crippen LogP contribution in [0.5, 0.6) is 0 Å². The summed E-state index contributed by atoms with van der Waals surface area (Å²) in [6, 6.07) is 10.2. The average molecular weight is 288 g/mol. The quantitative estimate of drug-likeness (QED) is 0.919. The van der Waals surface area contributed by atoms with Crippen LogP contribution < -0.4 is 0 Å². The summed E-state index contributed by atoms with van der Waals surface area (Å²) in [5.41, 5.74) is 0.971. The molecule has 21 heavy (non-hydrogen) atoms. The first-order valence-electron chi connectivity index (χ1n) is 7.90. The van der Waals surface area contributed by atoms with Gasteiger partial charge in [0.1, 0.15) is 0 Å². The average Bonchev–Trinajstić information content (AvgIpc) is 3.08. The van der Waals surface area contributed by atoms with E-state index in [1.165, 1.54) is 0 Å². The summed E-state index contributed by atoms with van der Waals surface area (Å²) in [4.78, 5) is 16.4. The summed E-state index contributed by atoms with van der Waals surface area (Å²) in [7, 11) is 1.88. The first-order valence-corrected chi connectivity index (χ1v) is 7.90. The zero-order valence-corrected chi connectivity index (χ0v) is 12.6. The zero-order chi connectivity index (χ0) is 14.8. The molecule has 3 unspecified atom stereocenters. The van der Waals surface area contributed by atoms with E-state index in [4.69, 9.17) is 0 Å². The lowest BCUT2D eigenvalue weighted by molar-refractivity contribution is -0.131. The van der Waals surface area contributed by atoms with Gasteiger partial charge in [-0.15, -0.1) is 0 Å². The highest BCUT2D eigenvalue weighted by Crippen LogP contribution is 2.31. The second kappa shape index (κ2) is 6.16. The van der Waals surface area contributed by atoms with Crippen molar-refractivity contribution in [2.24, 2.45) is 0 Å². The highest BCUT2D eigenvalue weighted by atomic mass is 16.3. The molecule has 1 amide bonds. The molecule has 2 aliphatic heterocycles. The van der Waals surface area contributed by atoms with Crippen molar-refractivity contribution in [2.45, 2.75) is 43.9 Å². The maximum absolute atomic E-state index is 12.2. The van der Waals surface area contributed by atoms with E-state index >= 15 is 0 Å². The van der Waals surface area contributed by atoms with Gasteiger partial charge in [0, 0.05) is 19.6 Å². The summed E-state index contributed by atoms with van der Waals surface area (Å²) in [5.74, 6) is 0.246. The molecule has 2 saturated heterocycles. The number of aliphatic hydroxyl groups is 1. The fourth-order valence-electron chi connectivity index (χ4n) is 3.70. The van der Waals surface area contributed by atoms with Crippen LogP contribution in [0.4, 0.5) is 0 Å². The van der Waals surface area contributed by atoms with Gasteiger partial charge in [0.05, 0.1) is 12.1 Å². The molecule has 1 aromatic rings. The Bertz CT molecular complexity index is 491. The molecule has 0 aliphatic carbocycles. The summed E-state index contributed by atoms with van der Waals surface area (Å²) < 4.78 is 0. The van der Waals surface area contributed by atoms with Gasteiger partial charge < -0.3 is 10.0 Å². The summed E-state index contributed by atoms with van der Waals surface area (Å²) in [6.45, 7) is 1.84. The second-order valence-corrected chi connectivity index (χ2v) is 6.26. The zero-order valence-electron chi connectivity index (χ0n) is 12.6. The Balaban J connectivity index is 1.66. The number of rotatable bonds is 4. The van der Waals surface area contributed by atoms with E-state index in [1.807, 2.05) is 42.3 Å². The first-order chi connectivity index (χ1) is 10.2. The normalized spacial score (nSPS) is 28.3. The molecule has 2 aliphatic rings. The van der Waals surface area contributed by atoms with Crippen LogP contribution in [0.15, 0.2) is 30.3 Å². The van der Waals surface area contributed by atoms with Crippen LogP contribution in [0.1, 0.15) is 37.4 Å². The Morgan fingerprint density at radius 1 is 1.24 bits per heavy atom. The third-order valence-corrected chi connectivity index (χ3v) is 4.90. The molecule has 4 nitrogen and oxygen atoms in total. The smallest absolute Gasteiger partial charge is 0.239 e. The standard InChI is InChI=1S/C17H24N2O2/c1-18-11-9-15(17(18)21)19-10-5-8-14(19)12-16(20)13-6-3-2-4-7-13/h2-4,6-7,14-16,20H,5,8-12H2,1H3. The van der Waals surface area contributed by atoms with Crippen molar-refractivity contribution in [3.05, 3.63) is 35.9 Å². The lowest BCUT2D eigenvalue weighted by Crippen LogP contribution is -2.44. The summed E-state index contributed by atoms with van der Waals surface area (Å²) in [5, 5.41) is 10.4. The fourth-order valence-corrected chi connectivity index (χ4v) is 3.70. The molecule has 2 fully saturated rings.